The summed E-state index contributed by atoms with van der Waals surface area (Å²) < 4.78 is 0. The molecule has 4 rings (SSSR count). The number of rotatable bonds is 6. The van der Waals surface area contributed by atoms with Crippen LogP contribution in [0.3, 0.4) is 0 Å². The lowest BCUT2D eigenvalue weighted by Gasteiger charge is -2.46. The van der Waals surface area contributed by atoms with Gasteiger partial charge in [-0.15, -0.1) is 0 Å². The summed E-state index contributed by atoms with van der Waals surface area (Å²) >= 11 is 0. The number of likely N-dealkylation sites (tertiary alicyclic amines) is 1. The quantitative estimate of drug-likeness (QED) is 0.720. The minimum absolute atomic E-state index is 0.136. The molecule has 4 unspecified atom stereocenters. The third-order valence-corrected chi connectivity index (χ3v) is 7.99. The first-order valence-corrected chi connectivity index (χ1v) is 12.2. The van der Waals surface area contributed by atoms with Gasteiger partial charge < -0.3 is 15.5 Å². The standard InChI is InChI=1S/C28H39N3O/c1-20(2)26(30-27(32)25-16-22-10-8-9-11-23(22)17-29-25)19-31-15-14-28(4,21(3)18-31)24-12-6-5-7-13-24/h5-13,20-21,25-26,29H,14-19H2,1-4H3,(H,30,32). The van der Waals surface area contributed by atoms with Gasteiger partial charge in [0, 0.05) is 25.7 Å². The molecule has 4 nitrogen and oxygen atoms in total. The maximum Gasteiger partial charge on any atom is 0.237 e. The summed E-state index contributed by atoms with van der Waals surface area (Å²) in [7, 11) is 0. The van der Waals surface area contributed by atoms with Crippen LogP contribution in [0.2, 0.25) is 0 Å². The molecule has 1 saturated heterocycles. The highest BCUT2D eigenvalue weighted by Crippen LogP contribution is 2.39. The van der Waals surface area contributed by atoms with Gasteiger partial charge in [0.15, 0.2) is 0 Å². The second kappa shape index (κ2) is 9.76. The lowest BCUT2D eigenvalue weighted by atomic mass is 9.68. The first-order chi connectivity index (χ1) is 15.4. The Balaban J connectivity index is 1.36. The smallest absolute Gasteiger partial charge is 0.237 e. The summed E-state index contributed by atoms with van der Waals surface area (Å²) in [5.41, 5.74) is 4.26. The van der Waals surface area contributed by atoms with Crippen molar-refractivity contribution in [3.05, 3.63) is 71.3 Å². The van der Waals surface area contributed by atoms with Crippen LogP contribution in [0.15, 0.2) is 54.6 Å². The van der Waals surface area contributed by atoms with Gasteiger partial charge in [0.1, 0.15) is 0 Å². The van der Waals surface area contributed by atoms with Crippen LogP contribution in [0.4, 0.5) is 0 Å². The molecule has 2 aliphatic rings. The molecule has 32 heavy (non-hydrogen) atoms. The van der Waals surface area contributed by atoms with E-state index in [1.54, 1.807) is 0 Å². The van der Waals surface area contributed by atoms with Crippen LogP contribution < -0.4 is 10.6 Å². The summed E-state index contributed by atoms with van der Waals surface area (Å²) in [5.74, 6) is 1.10. The van der Waals surface area contributed by atoms with Gasteiger partial charge >= 0.3 is 0 Å². The molecule has 0 aliphatic carbocycles. The van der Waals surface area contributed by atoms with Gasteiger partial charge in [-0.1, -0.05) is 82.3 Å². The first kappa shape index (κ1) is 23.0. The average molecular weight is 434 g/mol. The van der Waals surface area contributed by atoms with E-state index in [0.717, 1.165) is 39.0 Å². The van der Waals surface area contributed by atoms with Gasteiger partial charge in [0.25, 0.3) is 0 Å². The SMILES string of the molecule is CC(C)C(CN1CCC(C)(c2ccccc2)C(C)C1)NC(=O)C1Cc2ccccc2CN1. The van der Waals surface area contributed by atoms with E-state index in [0.29, 0.717) is 11.8 Å². The zero-order valence-electron chi connectivity index (χ0n) is 20.1. The van der Waals surface area contributed by atoms with Gasteiger partial charge in [0.05, 0.1) is 6.04 Å². The number of benzene rings is 2. The molecule has 2 aromatic rings. The van der Waals surface area contributed by atoms with Crippen molar-refractivity contribution < 1.29 is 4.79 Å². The Bertz CT molecular complexity index is 912. The molecule has 2 heterocycles. The lowest BCUT2D eigenvalue weighted by molar-refractivity contribution is -0.124. The van der Waals surface area contributed by atoms with Crippen molar-refractivity contribution in [2.75, 3.05) is 19.6 Å². The second-order valence-corrected chi connectivity index (χ2v) is 10.5. The van der Waals surface area contributed by atoms with Gasteiger partial charge in [-0.2, -0.15) is 0 Å². The van der Waals surface area contributed by atoms with Gasteiger partial charge in [0.2, 0.25) is 5.91 Å². The molecule has 0 radical (unpaired) electrons. The Morgan fingerprint density at radius 2 is 1.81 bits per heavy atom. The fourth-order valence-corrected chi connectivity index (χ4v) is 5.35. The summed E-state index contributed by atoms with van der Waals surface area (Å²) in [6, 6.07) is 19.4. The molecule has 0 bridgehead atoms. The molecule has 4 heteroatoms. The highest BCUT2D eigenvalue weighted by atomic mass is 16.2. The average Bonchev–Trinajstić information content (AvgIpc) is 2.81. The van der Waals surface area contributed by atoms with E-state index in [-0.39, 0.29) is 23.4 Å². The van der Waals surface area contributed by atoms with Crippen LogP contribution in [-0.4, -0.2) is 42.5 Å². The molecule has 2 aromatic carbocycles. The Kier molecular flexibility index (Phi) is 7.02. The second-order valence-electron chi connectivity index (χ2n) is 10.5. The van der Waals surface area contributed by atoms with Gasteiger partial charge in [-0.3, -0.25) is 4.79 Å². The minimum Gasteiger partial charge on any atom is -0.350 e. The number of piperidine rings is 1. The number of fused-ring (bicyclic) bond motifs is 1. The zero-order valence-corrected chi connectivity index (χ0v) is 20.1. The van der Waals surface area contributed by atoms with Gasteiger partial charge in [-0.25, -0.2) is 0 Å². The Morgan fingerprint density at radius 1 is 1.12 bits per heavy atom. The van der Waals surface area contributed by atoms with Crippen molar-refractivity contribution in [3.8, 4) is 0 Å². The number of amides is 1. The lowest BCUT2D eigenvalue weighted by Crippen LogP contribution is -2.56. The number of nitrogens with one attached hydrogen (secondary N) is 2. The molecular formula is C28H39N3O. The molecule has 172 valence electrons. The maximum absolute atomic E-state index is 13.1. The molecule has 2 aliphatic heterocycles. The van der Waals surface area contributed by atoms with Crippen LogP contribution in [0.25, 0.3) is 0 Å². The van der Waals surface area contributed by atoms with Gasteiger partial charge in [-0.05, 0) is 53.3 Å². The Morgan fingerprint density at radius 3 is 2.50 bits per heavy atom. The zero-order chi connectivity index (χ0) is 22.7. The monoisotopic (exact) mass is 433 g/mol. The summed E-state index contributed by atoms with van der Waals surface area (Å²) in [6.07, 6.45) is 1.92. The van der Waals surface area contributed by atoms with E-state index in [1.165, 1.54) is 16.7 Å². The molecule has 0 aromatic heterocycles. The predicted octanol–water partition coefficient (Wildman–Crippen LogP) is 4.14. The van der Waals surface area contributed by atoms with Crippen molar-refractivity contribution in [2.24, 2.45) is 11.8 Å². The third kappa shape index (κ3) is 4.92. The molecule has 1 amide bonds. The summed E-state index contributed by atoms with van der Waals surface area (Å²) in [6.45, 7) is 13.1. The first-order valence-electron chi connectivity index (χ1n) is 12.2. The molecule has 1 fully saturated rings. The van der Waals surface area contributed by atoms with Crippen molar-refractivity contribution in [2.45, 2.75) is 64.6 Å². The summed E-state index contributed by atoms with van der Waals surface area (Å²) in [4.78, 5) is 15.7. The normalized spacial score (nSPS) is 27.0. The topological polar surface area (TPSA) is 44.4 Å². The number of hydrogen-bond acceptors (Lipinski definition) is 3. The molecule has 4 atom stereocenters. The highest BCUT2D eigenvalue weighted by molar-refractivity contribution is 5.82. The van der Waals surface area contributed by atoms with E-state index in [2.05, 4.69) is 97.8 Å². The van der Waals surface area contributed by atoms with Crippen LogP contribution in [-0.2, 0) is 23.2 Å². The minimum atomic E-state index is -0.146. The van der Waals surface area contributed by atoms with E-state index < -0.39 is 0 Å². The fraction of sp³-hybridized carbons (Fsp3) is 0.536. The molecule has 0 saturated carbocycles. The highest BCUT2D eigenvalue weighted by Gasteiger charge is 2.38. The van der Waals surface area contributed by atoms with Crippen molar-refractivity contribution >= 4 is 5.91 Å². The maximum atomic E-state index is 13.1. The van der Waals surface area contributed by atoms with Crippen LogP contribution in [0.5, 0.6) is 0 Å². The van der Waals surface area contributed by atoms with Crippen molar-refractivity contribution in [1.82, 2.24) is 15.5 Å². The molecule has 0 spiro atoms. The fourth-order valence-electron chi connectivity index (χ4n) is 5.35. The van der Waals surface area contributed by atoms with E-state index in [1.807, 2.05) is 0 Å². The van der Waals surface area contributed by atoms with Crippen molar-refractivity contribution in [1.29, 1.82) is 0 Å². The van der Waals surface area contributed by atoms with Crippen LogP contribution in [0, 0.1) is 11.8 Å². The van der Waals surface area contributed by atoms with Crippen LogP contribution >= 0.6 is 0 Å². The van der Waals surface area contributed by atoms with Crippen LogP contribution in [0.1, 0.15) is 50.8 Å². The number of carbonyl (C=O) groups is 1. The predicted molar refractivity (Wildman–Crippen MR) is 132 cm³/mol. The Labute approximate surface area is 193 Å². The molecular weight excluding hydrogens is 394 g/mol. The number of nitrogens with zero attached hydrogens (tertiary/aromatic N) is 1. The Hall–Kier alpha value is -2.17. The number of carbonyl (C=O) groups excluding carboxylic acids is 1. The number of hydrogen-bond donors (Lipinski definition) is 2. The largest absolute Gasteiger partial charge is 0.350 e. The van der Waals surface area contributed by atoms with E-state index in [4.69, 9.17) is 0 Å². The van der Waals surface area contributed by atoms with E-state index >= 15 is 0 Å². The third-order valence-electron chi connectivity index (χ3n) is 7.99. The van der Waals surface area contributed by atoms with Crippen molar-refractivity contribution in [3.63, 3.8) is 0 Å². The van der Waals surface area contributed by atoms with E-state index in [9.17, 15) is 4.79 Å². The summed E-state index contributed by atoms with van der Waals surface area (Å²) in [5, 5.41) is 6.82. The molecule has 2 N–H and O–H groups in total.